The summed E-state index contributed by atoms with van der Waals surface area (Å²) in [6, 6.07) is 0. The number of rotatable bonds is 2. The van der Waals surface area contributed by atoms with Gasteiger partial charge in [-0.2, -0.15) is 0 Å². The monoisotopic (exact) mass is 242 g/mol. The van der Waals surface area contributed by atoms with Crippen molar-refractivity contribution in [2.24, 2.45) is 17.8 Å². The SMILES string of the molecule is CC1CCC(C)CC1.CCC.CCC(C)CC. The Balaban J connectivity index is 0. The maximum atomic E-state index is 2.37. The summed E-state index contributed by atoms with van der Waals surface area (Å²) < 4.78 is 0. The molecule has 17 heavy (non-hydrogen) atoms. The molecule has 0 amide bonds. The maximum Gasteiger partial charge on any atom is -0.0443 e. The van der Waals surface area contributed by atoms with Gasteiger partial charge in [0.1, 0.15) is 0 Å². The molecule has 0 unspecified atom stereocenters. The van der Waals surface area contributed by atoms with E-state index in [2.05, 4.69) is 48.5 Å². The predicted molar refractivity (Wildman–Crippen MR) is 82.5 cm³/mol. The first-order valence-corrected chi connectivity index (χ1v) is 8.01. The molecule has 0 saturated heterocycles. The molecule has 0 aliphatic heterocycles. The van der Waals surface area contributed by atoms with E-state index in [1.165, 1.54) is 44.9 Å². The van der Waals surface area contributed by atoms with Crippen molar-refractivity contribution in [3.8, 4) is 0 Å². The first-order valence-electron chi connectivity index (χ1n) is 8.01. The van der Waals surface area contributed by atoms with E-state index in [1.807, 2.05) is 0 Å². The van der Waals surface area contributed by atoms with Crippen molar-refractivity contribution < 1.29 is 0 Å². The van der Waals surface area contributed by atoms with Crippen LogP contribution in [0.25, 0.3) is 0 Å². The molecule has 0 radical (unpaired) electrons. The molecule has 1 rings (SSSR count). The summed E-state index contributed by atoms with van der Waals surface area (Å²) in [5.41, 5.74) is 0. The Kier molecular flexibility index (Phi) is 16.0. The van der Waals surface area contributed by atoms with Crippen LogP contribution < -0.4 is 0 Å². The number of hydrogen-bond donors (Lipinski definition) is 0. The second-order valence-electron chi connectivity index (χ2n) is 5.99. The third-order valence-electron chi connectivity index (χ3n) is 3.70. The highest BCUT2D eigenvalue weighted by molar-refractivity contribution is 4.65. The lowest BCUT2D eigenvalue weighted by Crippen LogP contribution is -2.08. The minimum absolute atomic E-state index is 0.935. The summed E-state index contributed by atoms with van der Waals surface area (Å²) in [6.07, 6.45) is 9.80. The van der Waals surface area contributed by atoms with Crippen LogP contribution in [0.5, 0.6) is 0 Å². The van der Waals surface area contributed by atoms with E-state index in [1.54, 1.807) is 0 Å². The zero-order valence-corrected chi connectivity index (χ0v) is 13.7. The fourth-order valence-corrected chi connectivity index (χ4v) is 1.72. The van der Waals surface area contributed by atoms with Crippen molar-refractivity contribution in [3.63, 3.8) is 0 Å². The average molecular weight is 242 g/mol. The highest BCUT2D eigenvalue weighted by Crippen LogP contribution is 2.27. The van der Waals surface area contributed by atoms with Crippen molar-refractivity contribution in [2.75, 3.05) is 0 Å². The molecule has 0 aromatic rings. The van der Waals surface area contributed by atoms with Crippen LogP contribution in [-0.4, -0.2) is 0 Å². The van der Waals surface area contributed by atoms with Crippen LogP contribution in [0.2, 0.25) is 0 Å². The van der Waals surface area contributed by atoms with Gasteiger partial charge in [0, 0.05) is 0 Å². The summed E-state index contributed by atoms with van der Waals surface area (Å²) in [5.74, 6) is 2.97. The second-order valence-corrected chi connectivity index (χ2v) is 5.99. The molecule has 0 bridgehead atoms. The summed E-state index contributed by atoms with van der Waals surface area (Å²) in [6.45, 7) is 15.7. The highest BCUT2D eigenvalue weighted by atomic mass is 14.2. The fourth-order valence-electron chi connectivity index (χ4n) is 1.72. The van der Waals surface area contributed by atoms with Gasteiger partial charge in [0.25, 0.3) is 0 Å². The van der Waals surface area contributed by atoms with E-state index in [-0.39, 0.29) is 0 Å². The quantitative estimate of drug-likeness (QED) is 0.506. The molecule has 106 valence electrons. The van der Waals surface area contributed by atoms with E-state index in [0.29, 0.717) is 0 Å². The molecular weight excluding hydrogens is 204 g/mol. The first kappa shape index (κ1) is 19.3. The van der Waals surface area contributed by atoms with Crippen molar-refractivity contribution in [2.45, 2.75) is 93.4 Å². The molecular formula is C17H38. The first-order chi connectivity index (χ1) is 8.01. The number of hydrogen-bond acceptors (Lipinski definition) is 0. The fraction of sp³-hybridized carbons (Fsp3) is 1.00. The summed E-state index contributed by atoms with van der Waals surface area (Å²) >= 11 is 0. The van der Waals surface area contributed by atoms with Gasteiger partial charge < -0.3 is 0 Å². The van der Waals surface area contributed by atoms with E-state index in [0.717, 1.165) is 17.8 Å². The minimum atomic E-state index is 0.935. The molecule has 0 aromatic heterocycles. The van der Waals surface area contributed by atoms with Crippen LogP contribution in [0.1, 0.15) is 93.4 Å². The van der Waals surface area contributed by atoms with E-state index >= 15 is 0 Å². The van der Waals surface area contributed by atoms with Crippen molar-refractivity contribution in [3.05, 3.63) is 0 Å². The van der Waals surface area contributed by atoms with Gasteiger partial charge in [-0.3, -0.25) is 0 Å². The Labute approximate surface area is 112 Å². The van der Waals surface area contributed by atoms with Gasteiger partial charge in [-0.25, -0.2) is 0 Å². The van der Waals surface area contributed by atoms with Crippen LogP contribution in [0.4, 0.5) is 0 Å². The van der Waals surface area contributed by atoms with Gasteiger partial charge in [-0.05, 0) is 17.8 Å². The van der Waals surface area contributed by atoms with Crippen LogP contribution in [0.3, 0.4) is 0 Å². The lowest BCUT2D eigenvalue weighted by molar-refractivity contribution is 0.308. The Morgan fingerprint density at radius 3 is 1.12 bits per heavy atom. The van der Waals surface area contributed by atoms with Gasteiger partial charge in [0.2, 0.25) is 0 Å². The zero-order valence-electron chi connectivity index (χ0n) is 13.7. The lowest BCUT2D eigenvalue weighted by atomic mass is 9.84. The molecule has 1 aliphatic carbocycles. The standard InChI is InChI=1S/C8H16.C6H14.C3H8/c1-7-3-5-8(2)6-4-7;1-4-6(3)5-2;1-3-2/h7-8H,3-6H2,1-2H3;6H,4-5H2,1-3H3;3H2,1-2H3. The Morgan fingerprint density at radius 1 is 0.765 bits per heavy atom. The normalized spacial score (nSPS) is 23.3. The van der Waals surface area contributed by atoms with Gasteiger partial charge >= 0.3 is 0 Å². The molecule has 0 atom stereocenters. The summed E-state index contributed by atoms with van der Waals surface area (Å²) in [4.78, 5) is 0. The topological polar surface area (TPSA) is 0 Å². The molecule has 0 aromatic carbocycles. The van der Waals surface area contributed by atoms with Crippen molar-refractivity contribution in [1.82, 2.24) is 0 Å². The Morgan fingerprint density at radius 2 is 1.00 bits per heavy atom. The van der Waals surface area contributed by atoms with Gasteiger partial charge in [0.15, 0.2) is 0 Å². The molecule has 1 aliphatic rings. The van der Waals surface area contributed by atoms with Crippen molar-refractivity contribution >= 4 is 0 Å². The summed E-state index contributed by atoms with van der Waals surface area (Å²) in [5, 5.41) is 0. The lowest BCUT2D eigenvalue weighted by Gasteiger charge is -2.22. The Hall–Kier alpha value is 0. The van der Waals surface area contributed by atoms with Gasteiger partial charge in [-0.15, -0.1) is 0 Å². The average Bonchev–Trinajstić information content (AvgIpc) is 2.34. The third-order valence-corrected chi connectivity index (χ3v) is 3.70. The minimum Gasteiger partial charge on any atom is -0.0656 e. The Bertz CT molecular complexity index is 106. The van der Waals surface area contributed by atoms with E-state index in [9.17, 15) is 0 Å². The molecule has 0 nitrogen and oxygen atoms in total. The third kappa shape index (κ3) is 16.0. The van der Waals surface area contributed by atoms with Crippen LogP contribution in [0.15, 0.2) is 0 Å². The van der Waals surface area contributed by atoms with Gasteiger partial charge in [-0.1, -0.05) is 93.4 Å². The largest absolute Gasteiger partial charge is 0.0656 e. The smallest absolute Gasteiger partial charge is 0.0443 e. The molecule has 0 heterocycles. The highest BCUT2D eigenvalue weighted by Gasteiger charge is 2.13. The zero-order chi connectivity index (χ0) is 13.7. The van der Waals surface area contributed by atoms with E-state index in [4.69, 9.17) is 0 Å². The molecule has 0 N–H and O–H groups in total. The van der Waals surface area contributed by atoms with Crippen molar-refractivity contribution in [1.29, 1.82) is 0 Å². The van der Waals surface area contributed by atoms with E-state index < -0.39 is 0 Å². The predicted octanol–water partition coefficient (Wildman–Crippen LogP) is 6.69. The van der Waals surface area contributed by atoms with Crippen LogP contribution in [0, 0.1) is 17.8 Å². The second kappa shape index (κ2) is 14.1. The van der Waals surface area contributed by atoms with Crippen LogP contribution >= 0.6 is 0 Å². The summed E-state index contributed by atoms with van der Waals surface area (Å²) in [7, 11) is 0. The molecule has 1 saturated carbocycles. The molecule has 1 fully saturated rings. The maximum absolute atomic E-state index is 2.37. The molecule has 0 heteroatoms. The van der Waals surface area contributed by atoms with Crippen LogP contribution in [-0.2, 0) is 0 Å². The van der Waals surface area contributed by atoms with Gasteiger partial charge in [0.05, 0.1) is 0 Å². The molecule has 0 spiro atoms.